The van der Waals surface area contributed by atoms with Crippen LogP contribution in [0.5, 0.6) is 0 Å². The first kappa shape index (κ1) is 17.3. The number of halogens is 1. The van der Waals surface area contributed by atoms with E-state index in [1.807, 2.05) is 0 Å². The normalized spacial score (nSPS) is 17.4. The van der Waals surface area contributed by atoms with Crippen molar-refractivity contribution in [1.29, 1.82) is 0 Å². The molecule has 0 bridgehead atoms. The summed E-state index contributed by atoms with van der Waals surface area (Å²) in [6, 6.07) is 5.95. The van der Waals surface area contributed by atoms with Crippen LogP contribution in [0.4, 0.5) is 20.8 Å². The van der Waals surface area contributed by atoms with Crippen LogP contribution in [0.1, 0.15) is 25.0 Å². The summed E-state index contributed by atoms with van der Waals surface area (Å²) in [5.41, 5.74) is 0.179. The number of urea groups is 1. The Kier molecular flexibility index (Phi) is 4.68. The zero-order valence-electron chi connectivity index (χ0n) is 14.6. The molecule has 140 valence electrons. The van der Waals surface area contributed by atoms with Crippen LogP contribution >= 0.6 is 0 Å². The van der Waals surface area contributed by atoms with E-state index >= 15 is 0 Å². The number of aromatic nitrogens is 3. The van der Waals surface area contributed by atoms with Gasteiger partial charge in [-0.2, -0.15) is 5.06 Å². The summed E-state index contributed by atoms with van der Waals surface area (Å²) in [7, 11) is 0. The second-order valence-electron chi connectivity index (χ2n) is 6.56. The zero-order valence-corrected chi connectivity index (χ0v) is 14.6. The van der Waals surface area contributed by atoms with E-state index in [1.165, 1.54) is 12.3 Å². The van der Waals surface area contributed by atoms with Crippen LogP contribution in [0, 0.1) is 5.82 Å². The highest BCUT2D eigenvalue weighted by Gasteiger charge is 2.41. The Hall–Kier alpha value is -3.07. The van der Waals surface area contributed by atoms with Gasteiger partial charge in [-0.05, 0) is 43.2 Å². The van der Waals surface area contributed by atoms with Crippen molar-refractivity contribution >= 4 is 17.7 Å². The molecule has 0 radical (unpaired) electrons. The number of carbonyl (C=O) groups is 1. The van der Waals surface area contributed by atoms with Gasteiger partial charge in [-0.1, -0.05) is 6.42 Å². The molecule has 2 N–H and O–H groups in total. The van der Waals surface area contributed by atoms with E-state index < -0.39 is 6.03 Å². The summed E-state index contributed by atoms with van der Waals surface area (Å²) in [6.45, 7) is 0.883. The number of hydrogen-bond acceptors (Lipinski definition) is 6. The van der Waals surface area contributed by atoms with Crippen LogP contribution in [0.2, 0.25) is 0 Å². The number of carbonyl (C=O) groups excluding carboxylic acids is 1. The summed E-state index contributed by atoms with van der Waals surface area (Å²) in [5, 5.41) is 14.9. The quantitative estimate of drug-likeness (QED) is 0.841. The van der Waals surface area contributed by atoms with Gasteiger partial charge in [0.2, 0.25) is 0 Å². The van der Waals surface area contributed by atoms with Gasteiger partial charge in [0.15, 0.2) is 5.82 Å². The van der Waals surface area contributed by atoms with Gasteiger partial charge in [0.25, 0.3) is 0 Å². The number of amides is 2. The van der Waals surface area contributed by atoms with E-state index in [4.69, 9.17) is 4.84 Å². The third-order valence-electron chi connectivity index (χ3n) is 4.83. The lowest BCUT2D eigenvalue weighted by atomic mass is 9.66. The minimum Gasteiger partial charge on any atom is -0.368 e. The maximum absolute atomic E-state index is 14.2. The molecular weight excluding hydrogens is 351 g/mol. The molecule has 0 spiro atoms. The molecule has 2 aromatic heterocycles. The second kappa shape index (κ2) is 7.28. The molecule has 0 unspecified atom stereocenters. The first-order valence-corrected chi connectivity index (χ1v) is 8.75. The lowest BCUT2D eigenvalue weighted by Gasteiger charge is -2.41. The smallest absolute Gasteiger partial charge is 0.351 e. The number of rotatable bonds is 5. The molecule has 4 rings (SSSR count). The molecule has 0 atom stereocenters. The number of anilines is 2. The molecule has 1 fully saturated rings. The largest absolute Gasteiger partial charge is 0.368 e. The highest BCUT2D eigenvalue weighted by molar-refractivity contribution is 5.88. The predicted molar refractivity (Wildman–Crippen MR) is 96.2 cm³/mol. The molecule has 27 heavy (non-hydrogen) atoms. The minimum atomic E-state index is -0.446. The topological polar surface area (TPSA) is 92.3 Å². The van der Waals surface area contributed by atoms with Gasteiger partial charge in [0.05, 0.1) is 12.3 Å². The third-order valence-corrected chi connectivity index (χ3v) is 4.83. The second-order valence-corrected chi connectivity index (χ2v) is 6.56. The Morgan fingerprint density at radius 3 is 2.70 bits per heavy atom. The van der Waals surface area contributed by atoms with Gasteiger partial charge >= 0.3 is 6.03 Å². The van der Waals surface area contributed by atoms with Gasteiger partial charge in [-0.25, -0.2) is 9.18 Å². The number of nitrogens with one attached hydrogen (secondary N) is 2. The van der Waals surface area contributed by atoms with Crippen LogP contribution in [-0.4, -0.2) is 39.4 Å². The van der Waals surface area contributed by atoms with Crippen molar-refractivity contribution in [3.05, 3.63) is 54.2 Å². The van der Waals surface area contributed by atoms with Crippen molar-refractivity contribution in [2.75, 3.05) is 23.8 Å². The highest BCUT2D eigenvalue weighted by Crippen LogP contribution is 2.43. The molecule has 0 aromatic carbocycles. The Morgan fingerprint density at radius 2 is 2.07 bits per heavy atom. The highest BCUT2D eigenvalue weighted by atomic mass is 19.1. The average molecular weight is 370 g/mol. The van der Waals surface area contributed by atoms with Crippen molar-refractivity contribution in [3.8, 4) is 0 Å². The summed E-state index contributed by atoms with van der Waals surface area (Å²) < 4.78 is 14.2. The van der Waals surface area contributed by atoms with Crippen molar-refractivity contribution in [2.45, 2.75) is 24.7 Å². The van der Waals surface area contributed by atoms with Gasteiger partial charge in [0, 0.05) is 24.4 Å². The van der Waals surface area contributed by atoms with Gasteiger partial charge < -0.3 is 5.32 Å². The Bertz CT molecular complexity index is 853. The fourth-order valence-corrected chi connectivity index (χ4v) is 3.23. The Balaban J connectivity index is 1.38. The van der Waals surface area contributed by atoms with Crippen LogP contribution in [0.25, 0.3) is 0 Å². The monoisotopic (exact) mass is 370 g/mol. The summed E-state index contributed by atoms with van der Waals surface area (Å²) in [4.78, 5) is 21.2. The lowest BCUT2D eigenvalue weighted by Crippen LogP contribution is -2.42. The van der Waals surface area contributed by atoms with Crippen LogP contribution in [-0.2, 0) is 10.3 Å². The molecule has 0 saturated heterocycles. The van der Waals surface area contributed by atoms with Crippen LogP contribution < -0.4 is 10.6 Å². The molecular formula is C18H19FN6O2. The predicted octanol–water partition coefficient (Wildman–Crippen LogP) is 2.84. The first-order chi connectivity index (χ1) is 13.2. The maximum Gasteiger partial charge on any atom is 0.351 e. The van der Waals surface area contributed by atoms with Crippen LogP contribution in [0.3, 0.4) is 0 Å². The molecule has 2 amide bonds. The molecule has 1 aliphatic heterocycles. The number of nitrogens with zero attached hydrogens (tertiary/aromatic N) is 4. The van der Waals surface area contributed by atoms with E-state index in [0.717, 1.165) is 24.3 Å². The van der Waals surface area contributed by atoms with E-state index in [1.54, 1.807) is 30.5 Å². The average Bonchev–Trinajstić information content (AvgIpc) is 3.18. The van der Waals surface area contributed by atoms with Crippen molar-refractivity contribution in [2.24, 2.45) is 0 Å². The lowest BCUT2D eigenvalue weighted by molar-refractivity contribution is -0.0438. The van der Waals surface area contributed by atoms with Gasteiger partial charge in [-0.15, -0.1) is 10.2 Å². The molecule has 8 nitrogen and oxygen atoms in total. The summed E-state index contributed by atoms with van der Waals surface area (Å²) in [5.74, 6) is 0.581. The van der Waals surface area contributed by atoms with Gasteiger partial charge in [0.1, 0.15) is 11.6 Å². The van der Waals surface area contributed by atoms with Gasteiger partial charge in [-0.3, -0.25) is 15.1 Å². The molecule has 1 saturated carbocycles. The van der Waals surface area contributed by atoms with Crippen molar-refractivity contribution in [1.82, 2.24) is 20.2 Å². The number of hydrogen-bond donors (Lipinski definition) is 2. The van der Waals surface area contributed by atoms with E-state index in [0.29, 0.717) is 30.5 Å². The van der Waals surface area contributed by atoms with Crippen molar-refractivity contribution < 1.29 is 14.0 Å². The Labute approximate surface area is 155 Å². The summed E-state index contributed by atoms with van der Waals surface area (Å²) in [6.07, 6.45) is 7.67. The molecule has 3 heterocycles. The Morgan fingerprint density at radius 1 is 1.26 bits per heavy atom. The first-order valence-electron chi connectivity index (χ1n) is 8.75. The fraction of sp³-hybridized carbons (Fsp3) is 0.333. The number of hydroxylamine groups is 2. The van der Waals surface area contributed by atoms with Crippen molar-refractivity contribution in [3.63, 3.8) is 0 Å². The summed E-state index contributed by atoms with van der Waals surface area (Å²) >= 11 is 0. The third kappa shape index (κ3) is 3.59. The number of pyridine rings is 1. The molecule has 2 aromatic rings. The SMILES string of the molecule is O=C(Nc1ccc(NCC2(c3ncccc3F)CCC2)nn1)N1C=CCO1. The maximum atomic E-state index is 14.2. The fourth-order valence-electron chi connectivity index (χ4n) is 3.23. The minimum absolute atomic E-state index is 0.277. The molecule has 9 heteroatoms. The zero-order chi connectivity index (χ0) is 18.7. The van der Waals surface area contributed by atoms with E-state index in [-0.39, 0.29) is 11.2 Å². The van der Waals surface area contributed by atoms with E-state index in [9.17, 15) is 9.18 Å². The molecule has 2 aliphatic rings. The molecule has 1 aliphatic carbocycles. The van der Waals surface area contributed by atoms with Crippen LogP contribution in [0.15, 0.2) is 42.7 Å². The standard InChI is InChI=1S/C18H19FN6O2/c19-13-4-1-9-20-16(13)18(7-2-8-18)12-21-14-5-6-15(24-23-14)22-17(26)25-10-3-11-27-25/h1,3-6,9-10H,2,7-8,11-12H2,(H,21,23)(H,22,24,26). The van der Waals surface area contributed by atoms with E-state index in [2.05, 4.69) is 25.8 Å².